The molecule has 0 spiro atoms. The van der Waals surface area contributed by atoms with E-state index in [4.69, 9.17) is 4.74 Å². The van der Waals surface area contributed by atoms with Crippen molar-refractivity contribution in [3.8, 4) is 11.1 Å². The Kier molecular flexibility index (Phi) is 6.91. The molecule has 0 aromatic heterocycles. The van der Waals surface area contributed by atoms with Crippen LogP contribution < -0.4 is 10.6 Å². The summed E-state index contributed by atoms with van der Waals surface area (Å²) in [7, 11) is 0. The fourth-order valence-corrected chi connectivity index (χ4v) is 5.27. The number of alkyl carbamates (subject to hydrolysis) is 1. The summed E-state index contributed by atoms with van der Waals surface area (Å²) in [5.41, 5.74) is 3.41. The average Bonchev–Trinajstić information content (AvgIpc) is 3.41. The molecule has 1 saturated carbocycles. The number of aliphatic carboxylic acids is 1. The number of amides is 2. The van der Waals surface area contributed by atoms with Gasteiger partial charge in [0.15, 0.2) is 0 Å². The zero-order valence-corrected chi connectivity index (χ0v) is 19.7. The van der Waals surface area contributed by atoms with E-state index in [9.17, 15) is 19.5 Å². The molecule has 2 amide bonds. The Morgan fingerprint density at radius 1 is 1.03 bits per heavy atom. The van der Waals surface area contributed by atoms with Gasteiger partial charge < -0.3 is 20.5 Å². The molecule has 0 bridgehead atoms. The summed E-state index contributed by atoms with van der Waals surface area (Å²) in [6.07, 6.45) is 2.07. The topological polar surface area (TPSA) is 105 Å². The molecule has 1 fully saturated rings. The third kappa shape index (κ3) is 4.79. The van der Waals surface area contributed by atoms with Gasteiger partial charge >= 0.3 is 12.1 Å². The Morgan fingerprint density at radius 3 is 2.21 bits per heavy atom. The first-order valence-electron chi connectivity index (χ1n) is 12.0. The molecule has 2 aliphatic carbocycles. The minimum absolute atomic E-state index is 0.0594. The summed E-state index contributed by atoms with van der Waals surface area (Å²) >= 11 is 0. The van der Waals surface area contributed by atoms with Gasteiger partial charge in [-0.3, -0.25) is 9.59 Å². The van der Waals surface area contributed by atoms with Crippen molar-refractivity contribution >= 4 is 18.0 Å². The van der Waals surface area contributed by atoms with Crippen molar-refractivity contribution in [3.05, 3.63) is 59.7 Å². The van der Waals surface area contributed by atoms with Crippen LogP contribution in [0.15, 0.2) is 48.5 Å². The number of carboxylic acid groups (broad SMARTS) is 1. The van der Waals surface area contributed by atoms with Gasteiger partial charge in [0.2, 0.25) is 5.91 Å². The molecule has 2 aliphatic rings. The number of carbonyl (C=O) groups is 3. The van der Waals surface area contributed by atoms with Crippen LogP contribution in [0.1, 0.15) is 63.0 Å². The Labute approximate surface area is 199 Å². The molecule has 7 heteroatoms. The largest absolute Gasteiger partial charge is 0.481 e. The molecular formula is C27H32N2O5. The monoisotopic (exact) mass is 464 g/mol. The third-order valence-electron chi connectivity index (χ3n) is 7.09. The second-order valence-electron chi connectivity index (χ2n) is 9.55. The molecule has 2 aromatic carbocycles. The van der Waals surface area contributed by atoms with Crippen molar-refractivity contribution in [2.75, 3.05) is 6.61 Å². The van der Waals surface area contributed by atoms with Crippen molar-refractivity contribution in [1.82, 2.24) is 10.6 Å². The van der Waals surface area contributed by atoms with Crippen LogP contribution in [0.4, 0.5) is 4.79 Å². The quantitative estimate of drug-likeness (QED) is 0.535. The zero-order valence-electron chi connectivity index (χ0n) is 19.7. The number of hydrogen-bond donors (Lipinski definition) is 3. The Balaban J connectivity index is 1.39. The Morgan fingerprint density at radius 2 is 1.65 bits per heavy atom. The normalized spacial score (nSPS) is 20.6. The van der Waals surface area contributed by atoms with E-state index in [-0.39, 0.29) is 24.5 Å². The van der Waals surface area contributed by atoms with E-state index in [0.29, 0.717) is 32.1 Å². The lowest BCUT2D eigenvalue weighted by molar-refractivity contribution is -0.141. The molecule has 7 nitrogen and oxygen atoms in total. The van der Waals surface area contributed by atoms with Crippen LogP contribution in [0.3, 0.4) is 0 Å². The summed E-state index contributed by atoms with van der Waals surface area (Å²) in [5.74, 6) is -1.63. The smallest absolute Gasteiger partial charge is 0.408 e. The van der Waals surface area contributed by atoms with Crippen molar-refractivity contribution in [2.24, 2.45) is 5.92 Å². The number of fused-ring (bicyclic) bond motifs is 3. The van der Waals surface area contributed by atoms with Crippen LogP contribution in [-0.4, -0.2) is 41.3 Å². The maximum absolute atomic E-state index is 13.1. The van der Waals surface area contributed by atoms with Gasteiger partial charge in [-0.2, -0.15) is 0 Å². The predicted molar refractivity (Wildman–Crippen MR) is 128 cm³/mol. The van der Waals surface area contributed by atoms with E-state index < -0.39 is 23.5 Å². The predicted octanol–water partition coefficient (Wildman–Crippen LogP) is 4.45. The van der Waals surface area contributed by atoms with Crippen LogP contribution in [0.5, 0.6) is 0 Å². The van der Waals surface area contributed by atoms with E-state index in [0.717, 1.165) is 22.3 Å². The summed E-state index contributed by atoms with van der Waals surface area (Å²) in [6.45, 7) is 3.81. The maximum Gasteiger partial charge on any atom is 0.408 e. The Bertz CT molecular complexity index is 1040. The molecule has 0 aliphatic heterocycles. The second kappa shape index (κ2) is 9.87. The first kappa shape index (κ1) is 23.8. The highest BCUT2D eigenvalue weighted by Gasteiger charge is 2.38. The van der Waals surface area contributed by atoms with Crippen LogP contribution in [-0.2, 0) is 14.3 Å². The SMILES string of the molecule is CCCC(C)(NC(=O)OCC1c2ccccc2-c2ccccc21)C(=O)N[C@H]1CC[C@@H](C(=O)O)C1. The van der Waals surface area contributed by atoms with E-state index in [1.54, 1.807) is 6.92 Å². The molecule has 180 valence electrons. The number of carbonyl (C=O) groups excluding carboxylic acids is 2. The van der Waals surface area contributed by atoms with Gasteiger partial charge in [-0.1, -0.05) is 61.9 Å². The van der Waals surface area contributed by atoms with Crippen LogP contribution in [0.2, 0.25) is 0 Å². The molecule has 34 heavy (non-hydrogen) atoms. The third-order valence-corrected chi connectivity index (χ3v) is 7.09. The molecular weight excluding hydrogens is 432 g/mol. The maximum atomic E-state index is 13.1. The van der Waals surface area contributed by atoms with E-state index in [1.165, 1.54) is 0 Å². The molecule has 4 rings (SSSR count). The second-order valence-corrected chi connectivity index (χ2v) is 9.55. The fourth-order valence-electron chi connectivity index (χ4n) is 5.27. The van der Waals surface area contributed by atoms with Crippen LogP contribution in [0.25, 0.3) is 11.1 Å². The van der Waals surface area contributed by atoms with Crippen LogP contribution in [0, 0.1) is 5.92 Å². The zero-order chi connectivity index (χ0) is 24.3. The number of hydrogen-bond acceptors (Lipinski definition) is 4. The van der Waals surface area contributed by atoms with Crippen molar-refractivity contribution in [2.45, 2.75) is 63.5 Å². The van der Waals surface area contributed by atoms with Crippen LogP contribution >= 0.6 is 0 Å². The minimum atomic E-state index is -1.14. The number of rotatable bonds is 8. The molecule has 0 saturated heterocycles. The van der Waals surface area contributed by atoms with Gasteiger partial charge in [0.25, 0.3) is 0 Å². The first-order chi connectivity index (χ1) is 16.3. The lowest BCUT2D eigenvalue weighted by atomic mass is 9.94. The fraction of sp³-hybridized carbons (Fsp3) is 0.444. The Hall–Kier alpha value is -3.35. The van der Waals surface area contributed by atoms with Crippen molar-refractivity contribution < 1.29 is 24.2 Å². The first-order valence-corrected chi connectivity index (χ1v) is 12.0. The van der Waals surface area contributed by atoms with Gasteiger partial charge in [0.05, 0.1) is 5.92 Å². The molecule has 0 radical (unpaired) electrons. The lowest BCUT2D eigenvalue weighted by Crippen LogP contribution is -2.58. The van der Waals surface area contributed by atoms with Crippen molar-refractivity contribution in [3.63, 3.8) is 0 Å². The number of carboxylic acids is 1. The summed E-state index contributed by atoms with van der Waals surface area (Å²) < 4.78 is 5.64. The number of ether oxygens (including phenoxy) is 1. The summed E-state index contributed by atoms with van der Waals surface area (Å²) in [4.78, 5) is 37.1. The molecule has 3 atom stereocenters. The van der Waals surface area contributed by atoms with Crippen molar-refractivity contribution in [1.29, 1.82) is 0 Å². The summed E-state index contributed by atoms with van der Waals surface area (Å²) in [6, 6.07) is 16.0. The molecule has 2 aromatic rings. The van der Waals surface area contributed by atoms with Gasteiger partial charge in [0, 0.05) is 12.0 Å². The van der Waals surface area contributed by atoms with E-state index >= 15 is 0 Å². The minimum Gasteiger partial charge on any atom is -0.481 e. The molecule has 1 unspecified atom stereocenters. The number of nitrogens with one attached hydrogen (secondary N) is 2. The number of benzene rings is 2. The van der Waals surface area contributed by atoms with Gasteiger partial charge in [-0.25, -0.2) is 4.79 Å². The average molecular weight is 465 g/mol. The molecule has 0 heterocycles. The molecule has 3 N–H and O–H groups in total. The van der Waals surface area contributed by atoms with Gasteiger partial charge in [0.1, 0.15) is 12.1 Å². The van der Waals surface area contributed by atoms with Gasteiger partial charge in [-0.05, 0) is 54.9 Å². The lowest BCUT2D eigenvalue weighted by Gasteiger charge is -2.30. The van der Waals surface area contributed by atoms with E-state index in [1.807, 2.05) is 31.2 Å². The highest BCUT2D eigenvalue weighted by atomic mass is 16.5. The highest BCUT2D eigenvalue weighted by Crippen LogP contribution is 2.44. The standard InChI is InChI=1S/C27H32N2O5/c1-3-14-27(2,25(32)28-18-13-12-17(15-18)24(30)31)29-26(33)34-16-23-21-10-6-4-8-19(21)20-9-5-7-11-22(20)23/h4-11,17-18,23H,3,12-16H2,1-2H3,(H,28,32)(H,29,33)(H,30,31)/t17-,18+,27?/m1/s1. The van der Waals surface area contributed by atoms with Gasteiger partial charge in [-0.15, -0.1) is 0 Å². The highest BCUT2D eigenvalue weighted by molar-refractivity contribution is 5.90. The van der Waals surface area contributed by atoms with E-state index in [2.05, 4.69) is 34.9 Å². The summed E-state index contributed by atoms with van der Waals surface area (Å²) in [5, 5.41) is 14.9.